The number of aryl methyl sites for hydroxylation is 2. The van der Waals surface area contributed by atoms with Gasteiger partial charge in [0.15, 0.2) is 18.1 Å². The standard InChI is InChI=1S/C28H30N4O5/c1-5-20-9-12-22(13-10-20)30-27(34)28(35)32-29-16-21-11-14-24(25(15-21)36-4)37-17-26(33)31-23-8-6-7-18(2)19(23)3/h6-16H,5,17H2,1-4H3,(H,30,34)(H,31,33)(H,32,35)/b29-16-. The van der Waals surface area contributed by atoms with Gasteiger partial charge in [0.2, 0.25) is 0 Å². The number of rotatable bonds is 9. The summed E-state index contributed by atoms with van der Waals surface area (Å²) < 4.78 is 11.0. The summed E-state index contributed by atoms with van der Waals surface area (Å²) in [5.74, 6) is -1.29. The molecule has 0 heterocycles. The van der Waals surface area contributed by atoms with E-state index in [-0.39, 0.29) is 12.5 Å². The van der Waals surface area contributed by atoms with Crippen molar-refractivity contribution in [3.63, 3.8) is 0 Å². The van der Waals surface area contributed by atoms with E-state index in [1.54, 1.807) is 30.3 Å². The van der Waals surface area contributed by atoms with Crippen molar-refractivity contribution in [3.05, 3.63) is 82.9 Å². The van der Waals surface area contributed by atoms with Gasteiger partial charge in [0.05, 0.1) is 13.3 Å². The topological polar surface area (TPSA) is 118 Å². The molecule has 0 radical (unpaired) electrons. The van der Waals surface area contributed by atoms with Crippen LogP contribution in [0.4, 0.5) is 11.4 Å². The molecular weight excluding hydrogens is 472 g/mol. The van der Waals surface area contributed by atoms with E-state index in [9.17, 15) is 14.4 Å². The van der Waals surface area contributed by atoms with E-state index in [1.807, 2.05) is 51.1 Å². The zero-order valence-electron chi connectivity index (χ0n) is 21.3. The number of carbonyl (C=O) groups excluding carboxylic acids is 3. The molecule has 0 aliphatic carbocycles. The first-order valence-electron chi connectivity index (χ1n) is 11.7. The fraction of sp³-hybridized carbons (Fsp3) is 0.214. The maximum atomic E-state index is 12.3. The van der Waals surface area contributed by atoms with E-state index in [1.165, 1.54) is 13.3 Å². The fourth-order valence-electron chi connectivity index (χ4n) is 3.33. The summed E-state index contributed by atoms with van der Waals surface area (Å²) in [6, 6.07) is 17.8. The van der Waals surface area contributed by atoms with Gasteiger partial charge < -0.3 is 20.1 Å². The van der Waals surface area contributed by atoms with Crippen molar-refractivity contribution in [3.8, 4) is 11.5 Å². The predicted octanol–water partition coefficient (Wildman–Crippen LogP) is 3.98. The number of ether oxygens (including phenoxy) is 2. The van der Waals surface area contributed by atoms with Gasteiger partial charge in [0, 0.05) is 11.4 Å². The van der Waals surface area contributed by atoms with Crippen molar-refractivity contribution in [1.29, 1.82) is 0 Å². The van der Waals surface area contributed by atoms with Crippen LogP contribution in [-0.4, -0.2) is 37.7 Å². The summed E-state index contributed by atoms with van der Waals surface area (Å²) in [6.45, 7) is 5.74. The highest BCUT2D eigenvalue weighted by molar-refractivity contribution is 6.39. The Morgan fingerprint density at radius 2 is 1.68 bits per heavy atom. The third kappa shape index (κ3) is 7.66. The Hall–Kier alpha value is -4.66. The molecule has 0 saturated heterocycles. The molecule has 0 unspecified atom stereocenters. The molecule has 0 fully saturated rings. The van der Waals surface area contributed by atoms with Crippen LogP contribution in [0.5, 0.6) is 11.5 Å². The van der Waals surface area contributed by atoms with Crippen LogP contribution >= 0.6 is 0 Å². The maximum Gasteiger partial charge on any atom is 0.329 e. The highest BCUT2D eigenvalue weighted by Crippen LogP contribution is 2.27. The minimum absolute atomic E-state index is 0.205. The van der Waals surface area contributed by atoms with Gasteiger partial charge in [-0.3, -0.25) is 14.4 Å². The van der Waals surface area contributed by atoms with E-state index in [2.05, 4.69) is 21.2 Å². The third-order valence-corrected chi connectivity index (χ3v) is 5.63. The van der Waals surface area contributed by atoms with Gasteiger partial charge in [-0.2, -0.15) is 5.10 Å². The molecule has 0 spiro atoms. The van der Waals surface area contributed by atoms with Crippen LogP contribution in [0, 0.1) is 13.8 Å². The monoisotopic (exact) mass is 502 g/mol. The number of carbonyl (C=O) groups is 3. The van der Waals surface area contributed by atoms with Crippen LogP contribution in [0.15, 0.2) is 65.8 Å². The number of hydrogen-bond donors (Lipinski definition) is 3. The number of hydrazone groups is 1. The molecule has 0 atom stereocenters. The lowest BCUT2D eigenvalue weighted by atomic mass is 10.1. The summed E-state index contributed by atoms with van der Waals surface area (Å²) in [5.41, 5.74) is 7.22. The number of methoxy groups -OCH3 is 1. The number of nitrogens with zero attached hydrogens (tertiary/aromatic N) is 1. The van der Waals surface area contributed by atoms with Crippen LogP contribution in [-0.2, 0) is 20.8 Å². The van der Waals surface area contributed by atoms with Crippen LogP contribution in [0.3, 0.4) is 0 Å². The number of amides is 3. The smallest absolute Gasteiger partial charge is 0.329 e. The first-order valence-corrected chi connectivity index (χ1v) is 11.7. The lowest BCUT2D eigenvalue weighted by molar-refractivity contribution is -0.136. The second-order valence-electron chi connectivity index (χ2n) is 8.20. The van der Waals surface area contributed by atoms with Crippen molar-refractivity contribution in [2.75, 3.05) is 24.4 Å². The first-order chi connectivity index (χ1) is 17.8. The molecule has 0 aromatic heterocycles. The molecular formula is C28H30N4O5. The first kappa shape index (κ1) is 26.9. The van der Waals surface area contributed by atoms with E-state index < -0.39 is 11.8 Å². The molecule has 0 saturated carbocycles. The summed E-state index contributed by atoms with van der Waals surface area (Å²) in [7, 11) is 1.47. The molecule has 0 aliphatic rings. The normalized spacial score (nSPS) is 10.6. The van der Waals surface area contributed by atoms with Gasteiger partial charge in [-0.25, -0.2) is 5.43 Å². The average molecular weight is 503 g/mol. The van der Waals surface area contributed by atoms with Gasteiger partial charge in [0.25, 0.3) is 5.91 Å². The Balaban J connectivity index is 1.53. The molecule has 9 nitrogen and oxygen atoms in total. The van der Waals surface area contributed by atoms with Crippen LogP contribution < -0.4 is 25.5 Å². The predicted molar refractivity (Wildman–Crippen MR) is 143 cm³/mol. The molecule has 3 rings (SSSR count). The van der Waals surface area contributed by atoms with E-state index >= 15 is 0 Å². The Labute approximate surface area is 215 Å². The largest absolute Gasteiger partial charge is 0.493 e. The van der Waals surface area contributed by atoms with Crippen molar-refractivity contribution in [2.24, 2.45) is 5.10 Å². The van der Waals surface area contributed by atoms with Crippen LogP contribution in [0.1, 0.15) is 29.2 Å². The van der Waals surface area contributed by atoms with Crippen molar-refractivity contribution in [2.45, 2.75) is 27.2 Å². The number of hydrogen-bond acceptors (Lipinski definition) is 6. The zero-order valence-corrected chi connectivity index (χ0v) is 21.3. The molecule has 3 aromatic rings. The van der Waals surface area contributed by atoms with Crippen molar-refractivity contribution in [1.82, 2.24) is 5.43 Å². The van der Waals surface area contributed by atoms with E-state index in [0.29, 0.717) is 22.7 Å². The maximum absolute atomic E-state index is 12.3. The molecule has 0 aliphatic heterocycles. The third-order valence-electron chi connectivity index (χ3n) is 5.63. The number of anilines is 2. The van der Waals surface area contributed by atoms with Gasteiger partial charge in [0.1, 0.15) is 0 Å². The van der Waals surface area contributed by atoms with Crippen LogP contribution in [0.2, 0.25) is 0 Å². The molecule has 37 heavy (non-hydrogen) atoms. The zero-order chi connectivity index (χ0) is 26.8. The fourth-order valence-corrected chi connectivity index (χ4v) is 3.33. The summed E-state index contributed by atoms with van der Waals surface area (Å²) >= 11 is 0. The Morgan fingerprint density at radius 3 is 2.38 bits per heavy atom. The van der Waals surface area contributed by atoms with Gasteiger partial charge in [-0.15, -0.1) is 0 Å². The highest BCUT2D eigenvalue weighted by Gasteiger charge is 2.13. The second kappa shape index (κ2) is 12.9. The molecule has 9 heteroatoms. The van der Waals surface area contributed by atoms with Gasteiger partial charge in [-0.1, -0.05) is 31.2 Å². The lowest BCUT2D eigenvalue weighted by Gasteiger charge is -2.13. The van der Waals surface area contributed by atoms with E-state index in [4.69, 9.17) is 9.47 Å². The minimum Gasteiger partial charge on any atom is -0.493 e. The van der Waals surface area contributed by atoms with Gasteiger partial charge >= 0.3 is 11.8 Å². The summed E-state index contributed by atoms with van der Waals surface area (Å²) in [6.07, 6.45) is 2.24. The Morgan fingerprint density at radius 1 is 0.919 bits per heavy atom. The quantitative estimate of drug-likeness (QED) is 0.232. The summed E-state index contributed by atoms with van der Waals surface area (Å²) in [5, 5.41) is 9.18. The molecule has 3 N–H and O–H groups in total. The lowest BCUT2D eigenvalue weighted by Crippen LogP contribution is -2.32. The van der Waals surface area contributed by atoms with Crippen molar-refractivity contribution >= 4 is 35.3 Å². The average Bonchev–Trinajstić information content (AvgIpc) is 2.90. The molecule has 3 aromatic carbocycles. The molecule has 0 bridgehead atoms. The number of benzene rings is 3. The highest BCUT2D eigenvalue weighted by atomic mass is 16.5. The molecule has 3 amide bonds. The Bertz CT molecular complexity index is 1300. The van der Waals surface area contributed by atoms with Gasteiger partial charge in [-0.05, 0) is 78.9 Å². The minimum atomic E-state index is -0.905. The molecule has 192 valence electrons. The van der Waals surface area contributed by atoms with E-state index in [0.717, 1.165) is 28.8 Å². The summed E-state index contributed by atoms with van der Waals surface area (Å²) in [4.78, 5) is 36.5. The SMILES string of the molecule is CCc1ccc(NC(=O)C(=O)N/N=C\c2ccc(OCC(=O)Nc3cccc(C)c3C)c(OC)c2)cc1. The number of nitrogens with one attached hydrogen (secondary N) is 3. The van der Waals surface area contributed by atoms with Crippen LogP contribution in [0.25, 0.3) is 0 Å². The van der Waals surface area contributed by atoms with Crippen molar-refractivity contribution < 1.29 is 23.9 Å². The Kier molecular flexibility index (Phi) is 9.37. The second-order valence-corrected chi connectivity index (χ2v) is 8.20.